The molecule has 82 valence electrons. The van der Waals surface area contributed by atoms with Gasteiger partial charge in [-0.3, -0.25) is 14.8 Å². The maximum atomic E-state index is 11.1. The van der Waals surface area contributed by atoms with Crippen molar-refractivity contribution < 1.29 is 0 Å². The molecule has 2 rings (SSSR count). The first-order valence-corrected chi connectivity index (χ1v) is 4.92. The van der Waals surface area contributed by atoms with Crippen molar-refractivity contribution in [2.45, 2.75) is 0 Å². The van der Waals surface area contributed by atoms with Gasteiger partial charge in [-0.15, -0.1) is 0 Å². The molecule has 1 saturated heterocycles. The number of rotatable bonds is 1. The average molecular weight is 210 g/mol. The van der Waals surface area contributed by atoms with Crippen molar-refractivity contribution in [1.82, 2.24) is 14.9 Å². The molecule has 0 aliphatic carbocycles. The van der Waals surface area contributed by atoms with Gasteiger partial charge in [0, 0.05) is 32.2 Å². The Bertz CT molecular complexity index is 414. The van der Waals surface area contributed by atoms with Crippen LogP contribution in [0, 0.1) is 0 Å². The number of hydrogen-bond donors (Lipinski definition) is 2. The van der Waals surface area contributed by atoms with E-state index in [1.54, 1.807) is 0 Å². The van der Waals surface area contributed by atoms with Crippen LogP contribution in [0.25, 0.3) is 0 Å². The molecule has 6 heteroatoms. The SMILES string of the molecule is CN1CCN(c2cc(=O)[nH]c(=O)[nH]2)CC1. The summed E-state index contributed by atoms with van der Waals surface area (Å²) in [5.41, 5.74) is -0.802. The Hall–Kier alpha value is -1.56. The van der Waals surface area contributed by atoms with E-state index >= 15 is 0 Å². The van der Waals surface area contributed by atoms with E-state index < -0.39 is 5.69 Å². The zero-order valence-electron chi connectivity index (χ0n) is 8.62. The lowest BCUT2D eigenvalue weighted by atomic mass is 10.3. The van der Waals surface area contributed by atoms with Crippen molar-refractivity contribution in [3.8, 4) is 0 Å². The van der Waals surface area contributed by atoms with Crippen LogP contribution in [-0.2, 0) is 0 Å². The molecule has 0 unspecified atom stereocenters. The molecule has 0 radical (unpaired) electrons. The predicted octanol–water partition coefficient (Wildman–Crippen LogP) is -1.18. The summed E-state index contributed by atoms with van der Waals surface area (Å²) in [7, 11) is 2.05. The van der Waals surface area contributed by atoms with Crippen molar-refractivity contribution in [3.63, 3.8) is 0 Å². The van der Waals surface area contributed by atoms with Gasteiger partial charge >= 0.3 is 5.69 Å². The van der Waals surface area contributed by atoms with Gasteiger partial charge in [0.05, 0.1) is 0 Å². The van der Waals surface area contributed by atoms with Gasteiger partial charge in [-0.1, -0.05) is 0 Å². The van der Waals surface area contributed by atoms with E-state index in [0.717, 1.165) is 26.2 Å². The number of aromatic amines is 2. The van der Waals surface area contributed by atoms with Crippen molar-refractivity contribution in [1.29, 1.82) is 0 Å². The van der Waals surface area contributed by atoms with Crippen LogP contribution in [0.15, 0.2) is 15.7 Å². The van der Waals surface area contributed by atoms with E-state index in [0.29, 0.717) is 5.82 Å². The Morgan fingerprint density at radius 1 is 1.13 bits per heavy atom. The minimum Gasteiger partial charge on any atom is -0.355 e. The second-order valence-electron chi connectivity index (χ2n) is 3.76. The van der Waals surface area contributed by atoms with E-state index in [4.69, 9.17) is 0 Å². The van der Waals surface area contributed by atoms with Crippen LogP contribution in [0.2, 0.25) is 0 Å². The number of nitrogens with one attached hydrogen (secondary N) is 2. The summed E-state index contributed by atoms with van der Waals surface area (Å²) >= 11 is 0. The quantitative estimate of drug-likeness (QED) is 0.611. The fourth-order valence-corrected chi connectivity index (χ4v) is 1.67. The predicted molar refractivity (Wildman–Crippen MR) is 57.4 cm³/mol. The highest BCUT2D eigenvalue weighted by Crippen LogP contribution is 2.08. The Morgan fingerprint density at radius 2 is 1.80 bits per heavy atom. The van der Waals surface area contributed by atoms with Crippen LogP contribution >= 0.6 is 0 Å². The summed E-state index contributed by atoms with van der Waals surface area (Å²) in [6.07, 6.45) is 0. The zero-order chi connectivity index (χ0) is 10.8. The van der Waals surface area contributed by atoms with Crippen molar-refractivity contribution in [2.75, 3.05) is 38.1 Å². The van der Waals surface area contributed by atoms with Crippen LogP contribution in [-0.4, -0.2) is 48.1 Å². The molecule has 0 atom stereocenters. The molecule has 0 aromatic carbocycles. The standard InChI is InChI=1S/C9H14N4O2/c1-12-2-4-13(5-3-12)7-6-8(14)11-9(15)10-7/h6H,2-5H2,1H3,(H2,10,11,14,15). The van der Waals surface area contributed by atoms with Gasteiger partial charge in [-0.05, 0) is 7.05 Å². The maximum absolute atomic E-state index is 11.1. The van der Waals surface area contributed by atoms with Crippen LogP contribution in [0.4, 0.5) is 5.82 Å². The highest BCUT2D eigenvalue weighted by molar-refractivity contribution is 5.36. The molecule has 2 N–H and O–H groups in total. The third-order valence-electron chi connectivity index (χ3n) is 2.59. The Kier molecular flexibility index (Phi) is 2.59. The number of likely N-dealkylation sites (N-methyl/N-ethyl adjacent to an activating group) is 1. The van der Waals surface area contributed by atoms with Gasteiger partial charge in [0.1, 0.15) is 5.82 Å². The van der Waals surface area contributed by atoms with Crippen molar-refractivity contribution >= 4 is 5.82 Å². The van der Waals surface area contributed by atoms with Crippen molar-refractivity contribution in [2.24, 2.45) is 0 Å². The first kappa shape index (κ1) is 9.97. The highest BCUT2D eigenvalue weighted by atomic mass is 16.2. The Morgan fingerprint density at radius 3 is 2.40 bits per heavy atom. The first-order valence-electron chi connectivity index (χ1n) is 4.92. The van der Waals surface area contributed by atoms with Gasteiger partial charge in [-0.2, -0.15) is 0 Å². The van der Waals surface area contributed by atoms with Gasteiger partial charge in [0.25, 0.3) is 5.56 Å². The van der Waals surface area contributed by atoms with Gasteiger partial charge < -0.3 is 9.80 Å². The fraction of sp³-hybridized carbons (Fsp3) is 0.556. The second-order valence-corrected chi connectivity index (χ2v) is 3.76. The monoisotopic (exact) mass is 210 g/mol. The van der Waals surface area contributed by atoms with E-state index in [9.17, 15) is 9.59 Å². The minimum atomic E-state index is -0.448. The molecule has 1 aliphatic rings. The molecule has 15 heavy (non-hydrogen) atoms. The molecule has 2 heterocycles. The lowest BCUT2D eigenvalue weighted by Crippen LogP contribution is -2.45. The summed E-state index contributed by atoms with van der Waals surface area (Å²) in [6, 6.07) is 1.42. The second kappa shape index (κ2) is 3.90. The molecule has 0 spiro atoms. The smallest absolute Gasteiger partial charge is 0.327 e. The fourth-order valence-electron chi connectivity index (χ4n) is 1.67. The topological polar surface area (TPSA) is 72.2 Å². The lowest BCUT2D eigenvalue weighted by Gasteiger charge is -2.33. The normalized spacial score (nSPS) is 18.1. The van der Waals surface area contributed by atoms with Gasteiger partial charge in [0.2, 0.25) is 0 Å². The van der Waals surface area contributed by atoms with E-state index in [1.807, 2.05) is 4.90 Å². The molecular formula is C9H14N4O2. The molecule has 1 aromatic rings. The summed E-state index contributed by atoms with van der Waals surface area (Å²) in [6.45, 7) is 3.54. The molecule has 1 fully saturated rings. The maximum Gasteiger partial charge on any atom is 0.327 e. The number of nitrogens with zero attached hydrogens (tertiary/aromatic N) is 2. The lowest BCUT2D eigenvalue weighted by molar-refractivity contribution is 0.312. The average Bonchev–Trinajstić information content (AvgIpc) is 2.17. The first-order chi connectivity index (χ1) is 7.15. The third kappa shape index (κ3) is 2.27. The zero-order valence-corrected chi connectivity index (χ0v) is 8.62. The number of piperazine rings is 1. The van der Waals surface area contributed by atoms with Crippen LogP contribution in [0.5, 0.6) is 0 Å². The molecule has 0 amide bonds. The number of H-pyrrole nitrogens is 2. The summed E-state index contributed by atoms with van der Waals surface area (Å²) in [5, 5.41) is 0. The largest absolute Gasteiger partial charge is 0.355 e. The van der Waals surface area contributed by atoms with E-state index in [1.165, 1.54) is 6.07 Å². The van der Waals surface area contributed by atoms with Crippen LogP contribution in [0.1, 0.15) is 0 Å². The van der Waals surface area contributed by atoms with Gasteiger partial charge in [-0.25, -0.2) is 4.79 Å². The molecular weight excluding hydrogens is 196 g/mol. The minimum absolute atomic E-state index is 0.354. The number of hydrogen-bond acceptors (Lipinski definition) is 4. The van der Waals surface area contributed by atoms with Crippen LogP contribution in [0.3, 0.4) is 0 Å². The van der Waals surface area contributed by atoms with Crippen molar-refractivity contribution in [3.05, 3.63) is 26.9 Å². The third-order valence-corrected chi connectivity index (χ3v) is 2.59. The molecule has 6 nitrogen and oxygen atoms in total. The Labute approximate surface area is 86.5 Å². The molecule has 1 aromatic heterocycles. The Balaban J connectivity index is 2.22. The summed E-state index contributed by atoms with van der Waals surface area (Å²) < 4.78 is 0. The number of aromatic nitrogens is 2. The molecule has 0 saturated carbocycles. The van der Waals surface area contributed by atoms with Gasteiger partial charge in [0.15, 0.2) is 0 Å². The molecule has 0 bridgehead atoms. The summed E-state index contributed by atoms with van der Waals surface area (Å²) in [5.74, 6) is 0.608. The van der Waals surface area contributed by atoms with E-state index in [-0.39, 0.29) is 5.56 Å². The van der Waals surface area contributed by atoms with E-state index in [2.05, 4.69) is 21.9 Å². The highest BCUT2D eigenvalue weighted by Gasteiger charge is 2.15. The van der Waals surface area contributed by atoms with Crippen LogP contribution < -0.4 is 16.1 Å². The molecule has 1 aliphatic heterocycles. The summed E-state index contributed by atoms with van der Waals surface area (Å²) in [4.78, 5) is 31.2. The number of anilines is 1.